The molecule has 0 spiro atoms. The van der Waals surface area contributed by atoms with E-state index in [-0.39, 0.29) is 17.8 Å². The Morgan fingerprint density at radius 3 is 2.37 bits per heavy atom. The lowest BCUT2D eigenvalue weighted by molar-refractivity contribution is -0.118. The predicted octanol–water partition coefficient (Wildman–Crippen LogP) is -0.157. The Labute approximate surface area is 111 Å². The van der Waals surface area contributed by atoms with Crippen molar-refractivity contribution in [2.45, 2.75) is 0 Å². The average Bonchev–Trinajstić information content (AvgIpc) is 2.37. The van der Waals surface area contributed by atoms with Crippen LogP contribution in [0.2, 0.25) is 0 Å². The molecule has 0 aromatic heterocycles. The van der Waals surface area contributed by atoms with E-state index in [9.17, 15) is 9.59 Å². The number of primary amides is 1. The van der Waals surface area contributed by atoms with Crippen LogP contribution in [0, 0.1) is 0 Å². The van der Waals surface area contributed by atoms with E-state index >= 15 is 0 Å². The highest BCUT2D eigenvalue weighted by molar-refractivity contribution is 6.02. The van der Waals surface area contributed by atoms with Crippen LogP contribution in [0.5, 0.6) is 11.5 Å². The average molecular weight is 267 g/mol. The van der Waals surface area contributed by atoms with Gasteiger partial charge in [-0.25, -0.2) is 0 Å². The molecule has 0 unspecified atom stereocenters. The third-order valence-electron chi connectivity index (χ3n) is 2.54. The van der Waals surface area contributed by atoms with Gasteiger partial charge in [0, 0.05) is 13.1 Å². The number of nitrogen functional groups attached to an aromatic ring is 1. The molecule has 0 heterocycles. The molecule has 0 aliphatic heterocycles. The number of carbonyl (C=O) groups excluding carboxylic acids is 2. The van der Waals surface area contributed by atoms with E-state index in [1.807, 2.05) is 0 Å². The molecular weight excluding hydrogens is 250 g/mol. The molecule has 7 nitrogen and oxygen atoms in total. The number of anilines is 1. The Balaban J connectivity index is 3.18. The predicted molar refractivity (Wildman–Crippen MR) is 70.1 cm³/mol. The zero-order valence-corrected chi connectivity index (χ0v) is 11.1. The van der Waals surface area contributed by atoms with Gasteiger partial charge in [-0.15, -0.1) is 0 Å². The van der Waals surface area contributed by atoms with Crippen LogP contribution in [0.3, 0.4) is 0 Å². The number of nitrogens with zero attached hydrogens (tertiary/aromatic N) is 1. The largest absolute Gasteiger partial charge is 0.497 e. The number of ether oxygens (including phenoxy) is 2. The van der Waals surface area contributed by atoms with E-state index in [1.165, 1.54) is 32.2 Å². The minimum absolute atomic E-state index is 0.185. The maximum atomic E-state index is 12.2. The van der Waals surface area contributed by atoms with Gasteiger partial charge in [0.05, 0.1) is 32.0 Å². The molecule has 0 bridgehead atoms. The first-order valence-electron chi connectivity index (χ1n) is 5.46. The lowest BCUT2D eigenvalue weighted by Crippen LogP contribution is -2.35. The van der Waals surface area contributed by atoms with Crippen molar-refractivity contribution in [2.75, 3.05) is 33.5 Å². The van der Waals surface area contributed by atoms with Gasteiger partial charge in [0.25, 0.3) is 5.91 Å². The van der Waals surface area contributed by atoms with E-state index in [4.69, 9.17) is 20.9 Å². The maximum Gasteiger partial charge on any atom is 0.256 e. The summed E-state index contributed by atoms with van der Waals surface area (Å²) in [6.07, 6.45) is 0. The SMILES string of the molecule is COc1cc(OC)c(N)c(C(=O)N(C)CC(N)=O)c1. The summed E-state index contributed by atoms with van der Waals surface area (Å²) in [5.74, 6) is -0.283. The second-order valence-electron chi connectivity index (χ2n) is 3.92. The third-order valence-corrected chi connectivity index (χ3v) is 2.54. The molecule has 1 aromatic rings. The fraction of sp³-hybridized carbons (Fsp3) is 0.333. The molecule has 4 N–H and O–H groups in total. The summed E-state index contributed by atoms with van der Waals surface area (Å²) in [4.78, 5) is 24.2. The molecule has 0 atom stereocenters. The number of hydrogen-bond donors (Lipinski definition) is 2. The molecule has 1 aromatic carbocycles. The Kier molecular flexibility index (Phi) is 4.57. The molecule has 7 heteroatoms. The highest BCUT2D eigenvalue weighted by Crippen LogP contribution is 2.31. The van der Waals surface area contributed by atoms with E-state index < -0.39 is 11.8 Å². The maximum absolute atomic E-state index is 12.2. The zero-order valence-electron chi connectivity index (χ0n) is 11.1. The van der Waals surface area contributed by atoms with Crippen LogP contribution >= 0.6 is 0 Å². The number of carbonyl (C=O) groups is 2. The lowest BCUT2D eigenvalue weighted by atomic mass is 10.1. The van der Waals surface area contributed by atoms with Crippen LogP contribution in [-0.4, -0.2) is 44.5 Å². The number of benzene rings is 1. The van der Waals surface area contributed by atoms with Crippen LogP contribution < -0.4 is 20.9 Å². The van der Waals surface area contributed by atoms with Crippen molar-refractivity contribution in [2.24, 2.45) is 5.73 Å². The number of amides is 2. The Hall–Kier alpha value is -2.44. The van der Waals surface area contributed by atoms with Crippen LogP contribution in [0.25, 0.3) is 0 Å². The topological polar surface area (TPSA) is 108 Å². The number of rotatable bonds is 5. The van der Waals surface area contributed by atoms with Crippen LogP contribution in [-0.2, 0) is 4.79 Å². The Morgan fingerprint density at radius 1 is 1.26 bits per heavy atom. The Morgan fingerprint density at radius 2 is 1.89 bits per heavy atom. The molecule has 0 fully saturated rings. The molecular formula is C12H17N3O4. The quantitative estimate of drug-likeness (QED) is 0.721. The Bertz CT molecular complexity index is 502. The summed E-state index contributed by atoms with van der Waals surface area (Å²) in [6.45, 7) is -0.197. The van der Waals surface area contributed by atoms with Gasteiger partial charge in [0.15, 0.2) is 0 Å². The summed E-state index contributed by atoms with van der Waals surface area (Å²) in [7, 11) is 4.36. The molecule has 0 radical (unpaired) electrons. The summed E-state index contributed by atoms with van der Waals surface area (Å²) in [5, 5.41) is 0. The summed E-state index contributed by atoms with van der Waals surface area (Å²) in [6, 6.07) is 3.05. The number of nitrogens with two attached hydrogens (primary N) is 2. The first kappa shape index (κ1) is 14.6. The van der Waals surface area contributed by atoms with Crippen molar-refractivity contribution >= 4 is 17.5 Å². The molecule has 19 heavy (non-hydrogen) atoms. The van der Waals surface area contributed by atoms with Gasteiger partial charge in [0.1, 0.15) is 11.5 Å². The summed E-state index contributed by atoms with van der Waals surface area (Å²) in [5.41, 5.74) is 11.3. The third kappa shape index (κ3) is 3.27. The molecule has 0 saturated heterocycles. The smallest absolute Gasteiger partial charge is 0.256 e. The van der Waals surface area contributed by atoms with Crippen LogP contribution in [0.1, 0.15) is 10.4 Å². The first-order valence-corrected chi connectivity index (χ1v) is 5.46. The molecule has 0 aliphatic rings. The van der Waals surface area contributed by atoms with Gasteiger partial charge in [0.2, 0.25) is 5.91 Å². The second-order valence-corrected chi connectivity index (χ2v) is 3.92. The minimum atomic E-state index is -0.607. The van der Waals surface area contributed by atoms with Gasteiger partial charge in [-0.2, -0.15) is 0 Å². The summed E-state index contributed by atoms with van der Waals surface area (Å²) >= 11 is 0. The fourth-order valence-corrected chi connectivity index (χ4v) is 1.58. The number of likely N-dealkylation sites (N-methyl/N-ethyl adjacent to an activating group) is 1. The van der Waals surface area contributed by atoms with Gasteiger partial charge < -0.3 is 25.8 Å². The highest BCUT2D eigenvalue weighted by atomic mass is 16.5. The van der Waals surface area contributed by atoms with Crippen LogP contribution in [0.4, 0.5) is 5.69 Å². The zero-order chi connectivity index (χ0) is 14.6. The van der Waals surface area contributed by atoms with E-state index in [0.29, 0.717) is 11.5 Å². The normalized spacial score (nSPS) is 9.84. The highest BCUT2D eigenvalue weighted by Gasteiger charge is 2.20. The van der Waals surface area contributed by atoms with Crippen molar-refractivity contribution < 1.29 is 19.1 Å². The molecule has 104 valence electrons. The molecule has 0 saturated carbocycles. The molecule has 2 amide bonds. The fourth-order valence-electron chi connectivity index (χ4n) is 1.58. The van der Waals surface area contributed by atoms with Gasteiger partial charge in [-0.05, 0) is 6.07 Å². The number of methoxy groups -OCH3 is 2. The van der Waals surface area contributed by atoms with E-state index in [2.05, 4.69) is 0 Å². The standard InChI is InChI=1S/C12H17N3O4/c1-15(6-10(13)16)12(17)8-4-7(18-2)5-9(19-3)11(8)14/h4-5H,6,14H2,1-3H3,(H2,13,16). The number of hydrogen-bond acceptors (Lipinski definition) is 5. The van der Waals surface area contributed by atoms with Crippen molar-refractivity contribution in [1.29, 1.82) is 0 Å². The van der Waals surface area contributed by atoms with E-state index in [0.717, 1.165) is 0 Å². The monoisotopic (exact) mass is 267 g/mol. The van der Waals surface area contributed by atoms with Crippen molar-refractivity contribution in [3.05, 3.63) is 17.7 Å². The second kappa shape index (κ2) is 5.94. The van der Waals surface area contributed by atoms with Gasteiger partial charge in [-0.3, -0.25) is 9.59 Å². The van der Waals surface area contributed by atoms with Gasteiger partial charge in [-0.1, -0.05) is 0 Å². The lowest BCUT2D eigenvalue weighted by Gasteiger charge is -2.18. The molecule has 1 rings (SSSR count). The molecule has 0 aliphatic carbocycles. The van der Waals surface area contributed by atoms with Crippen molar-refractivity contribution in [3.8, 4) is 11.5 Å². The van der Waals surface area contributed by atoms with Crippen LogP contribution in [0.15, 0.2) is 12.1 Å². The van der Waals surface area contributed by atoms with E-state index in [1.54, 1.807) is 6.07 Å². The summed E-state index contributed by atoms with van der Waals surface area (Å²) < 4.78 is 10.1. The van der Waals surface area contributed by atoms with Crippen molar-refractivity contribution in [1.82, 2.24) is 4.90 Å². The minimum Gasteiger partial charge on any atom is -0.497 e. The van der Waals surface area contributed by atoms with Crippen molar-refractivity contribution in [3.63, 3.8) is 0 Å². The first-order chi connectivity index (χ1) is 8.90. The van der Waals surface area contributed by atoms with Gasteiger partial charge >= 0.3 is 0 Å².